The van der Waals surface area contributed by atoms with Gasteiger partial charge in [0.2, 0.25) is 5.91 Å². The topological polar surface area (TPSA) is 66.4 Å². The molecule has 1 atom stereocenters. The van der Waals surface area contributed by atoms with E-state index < -0.39 is 12.0 Å². The normalized spacial score (nSPS) is 11.9. The van der Waals surface area contributed by atoms with Crippen LogP contribution < -0.4 is 5.32 Å². The molecule has 0 aliphatic heterocycles. The number of amides is 1. The summed E-state index contributed by atoms with van der Waals surface area (Å²) in [6, 6.07) is 4.95. The molecular formula is C12H14BrNO3S. The second-order valence-electron chi connectivity index (χ2n) is 3.83. The van der Waals surface area contributed by atoms with Crippen LogP contribution in [0.3, 0.4) is 0 Å². The molecule has 0 bridgehead atoms. The zero-order chi connectivity index (χ0) is 13.7. The first-order valence-corrected chi connectivity index (χ1v) is 7.09. The first-order valence-electron chi connectivity index (χ1n) is 5.31. The number of carboxylic acids is 1. The molecule has 0 unspecified atom stereocenters. The molecule has 6 heteroatoms. The number of rotatable bonds is 5. The summed E-state index contributed by atoms with van der Waals surface area (Å²) in [5.74, 6) is -1.11. The van der Waals surface area contributed by atoms with Crippen molar-refractivity contribution < 1.29 is 14.7 Å². The number of nitrogens with one attached hydrogen (secondary N) is 1. The molecule has 0 aliphatic rings. The van der Waals surface area contributed by atoms with Crippen LogP contribution in [0.25, 0.3) is 0 Å². The number of thioether (sulfide) groups is 1. The van der Waals surface area contributed by atoms with Crippen molar-refractivity contribution in [2.24, 2.45) is 0 Å². The molecule has 0 spiro atoms. The monoisotopic (exact) mass is 331 g/mol. The second-order valence-corrected chi connectivity index (χ2v) is 5.76. The Hall–Kier alpha value is -1.01. The average molecular weight is 332 g/mol. The number of hydrogen-bond donors (Lipinski definition) is 2. The van der Waals surface area contributed by atoms with Gasteiger partial charge in [-0.15, -0.1) is 11.8 Å². The van der Waals surface area contributed by atoms with Crippen LogP contribution in [0.2, 0.25) is 0 Å². The van der Waals surface area contributed by atoms with Gasteiger partial charge in [0.25, 0.3) is 0 Å². The van der Waals surface area contributed by atoms with E-state index in [1.165, 1.54) is 18.7 Å². The standard InChI is InChI=1S/C12H14BrNO3S/c1-7-5-9(13)3-4-10(7)18-6-11(15)14-8(2)12(16)17/h3-5,8H,6H2,1-2H3,(H,14,15)(H,16,17)/t8-/m0/s1. The lowest BCUT2D eigenvalue weighted by Crippen LogP contribution is -2.39. The van der Waals surface area contributed by atoms with E-state index in [1.807, 2.05) is 25.1 Å². The van der Waals surface area contributed by atoms with E-state index in [1.54, 1.807) is 0 Å². The molecule has 0 aromatic heterocycles. The Morgan fingerprint density at radius 3 is 2.72 bits per heavy atom. The molecule has 1 aromatic rings. The van der Waals surface area contributed by atoms with Crippen LogP contribution in [-0.4, -0.2) is 28.8 Å². The largest absolute Gasteiger partial charge is 0.480 e. The molecule has 1 rings (SSSR count). The van der Waals surface area contributed by atoms with Crippen LogP contribution in [0.15, 0.2) is 27.6 Å². The molecule has 0 radical (unpaired) electrons. The van der Waals surface area contributed by atoms with Crippen molar-refractivity contribution >= 4 is 39.6 Å². The highest BCUT2D eigenvalue weighted by atomic mass is 79.9. The van der Waals surface area contributed by atoms with Gasteiger partial charge in [-0.2, -0.15) is 0 Å². The number of hydrogen-bond acceptors (Lipinski definition) is 3. The van der Waals surface area contributed by atoms with Crippen molar-refractivity contribution in [1.82, 2.24) is 5.32 Å². The van der Waals surface area contributed by atoms with Crippen LogP contribution in [0.1, 0.15) is 12.5 Å². The van der Waals surface area contributed by atoms with E-state index in [2.05, 4.69) is 21.2 Å². The predicted octanol–water partition coefficient (Wildman–Crippen LogP) is 2.44. The van der Waals surface area contributed by atoms with Crippen LogP contribution >= 0.6 is 27.7 Å². The Kier molecular flexibility index (Phi) is 5.68. The fraction of sp³-hybridized carbons (Fsp3) is 0.333. The molecule has 0 heterocycles. The lowest BCUT2D eigenvalue weighted by molar-refractivity contribution is -0.140. The minimum absolute atomic E-state index is 0.208. The Balaban J connectivity index is 2.50. The zero-order valence-electron chi connectivity index (χ0n) is 10.1. The average Bonchev–Trinajstić information content (AvgIpc) is 2.27. The van der Waals surface area contributed by atoms with Gasteiger partial charge in [-0.3, -0.25) is 9.59 Å². The Labute approximate surface area is 118 Å². The van der Waals surface area contributed by atoms with Gasteiger partial charge in [0, 0.05) is 9.37 Å². The van der Waals surface area contributed by atoms with Gasteiger partial charge in [0.15, 0.2) is 0 Å². The van der Waals surface area contributed by atoms with Crippen LogP contribution in [0.5, 0.6) is 0 Å². The summed E-state index contributed by atoms with van der Waals surface area (Å²) in [7, 11) is 0. The van der Waals surface area contributed by atoms with Gasteiger partial charge in [-0.05, 0) is 37.6 Å². The predicted molar refractivity (Wildman–Crippen MR) is 74.8 cm³/mol. The molecule has 98 valence electrons. The van der Waals surface area contributed by atoms with E-state index in [0.29, 0.717) is 0 Å². The van der Waals surface area contributed by atoms with Gasteiger partial charge in [-0.25, -0.2) is 0 Å². The number of aryl methyl sites for hydroxylation is 1. The summed E-state index contributed by atoms with van der Waals surface area (Å²) < 4.78 is 0.994. The second kappa shape index (κ2) is 6.80. The molecule has 4 nitrogen and oxygen atoms in total. The molecule has 0 saturated heterocycles. The lowest BCUT2D eigenvalue weighted by Gasteiger charge is -2.10. The number of carbonyl (C=O) groups is 2. The molecule has 0 aliphatic carbocycles. The summed E-state index contributed by atoms with van der Waals surface area (Å²) >= 11 is 4.76. The molecule has 0 saturated carbocycles. The maximum atomic E-state index is 11.5. The first-order chi connectivity index (χ1) is 8.40. The van der Waals surface area contributed by atoms with Gasteiger partial charge >= 0.3 is 5.97 Å². The minimum atomic E-state index is -1.03. The van der Waals surface area contributed by atoms with Crippen molar-refractivity contribution in [3.8, 4) is 0 Å². The Morgan fingerprint density at radius 2 is 2.17 bits per heavy atom. The van der Waals surface area contributed by atoms with E-state index >= 15 is 0 Å². The Bertz CT molecular complexity index is 465. The highest BCUT2D eigenvalue weighted by molar-refractivity contribution is 9.10. The fourth-order valence-corrected chi connectivity index (χ4v) is 2.56. The maximum Gasteiger partial charge on any atom is 0.325 e. The third-order valence-electron chi connectivity index (χ3n) is 2.24. The third kappa shape index (κ3) is 4.70. The molecule has 18 heavy (non-hydrogen) atoms. The van der Waals surface area contributed by atoms with Gasteiger partial charge in [-0.1, -0.05) is 15.9 Å². The molecule has 2 N–H and O–H groups in total. The number of aliphatic carboxylic acids is 1. The summed E-state index contributed by atoms with van der Waals surface area (Å²) in [4.78, 5) is 23.1. The number of carboxylic acid groups (broad SMARTS) is 1. The zero-order valence-corrected chi connectivity index (χ0v) is 12.5. The number of carbonyl (C=O) groups excluding carboxylic acids is 1. The van der Waals surface area contributed by atoms with Crippen LogP contribution in [-0.2, 0) is 9.59 Å². The number of halogens is 1. The molecule has 1 amide bonds. The maximum absolute atomic E-state index is 11.5. The summed E-state index contributed by atoms with van der Waals surface area (Å²) in [5, 5.41) is 11.1. The van der Waals surface area contributed by atoms with E-state index in [0.717, 1.165) is 14.9 Å². The van der Waals surface area contributed by atoms with Crippen molar-refractivity contribution in [3.63, 3.8) is 0 Å². The van der Waals surface area contributed by atoms with E-state index in [9.17, 15) is 9.59 Å². The van der Waals surface area contributed by atoms with Crippen molar-refractivity contribution in [2.45, 2.75) is 24.8 Å². The van der Waals surface area contributed by atoms with E-state index in [-0.39, 0.29) is 11.7 Å². The van der Waals surface area contributed by atoms with E-state index in [4.69, 9.17) is 5.11 Å². The highest BCUT2D eigenvalue weighted by Crippen LogP contribution is 2.25. The van der Waals surface area contributed by atoms with Crippen molar-refractivity contribution in [1.29, 1.82) is 0 Å². The SMILES string of the molecule is Cc1cc(Br)ccc1SCC(=O)N[C@@H](C)C(=O)O. The van der Waals surface area contributed by atoms with Crippen LogP contribution in [0.4, 0.5) is 0 Å². The first kappa shape index (κ1) is 15.0. The fourth-order valence-electron chi connectivity index (χ4n) is 1.26. The molecule has 1 aromatic carbocycles. The summed E-state index contributed by atoms with van der Waals surface area (Å²) in [6.45, 7) is 3.40. The van der Waals surface area contributed by atoms with Crippen LogP contribution in [0, 0.1) is 6.92 Å². The smallest absolute Gasteiger partial charge is 0.325 e. The summed E-state index contributed by atoms with van der Waals surface area (Å²) in [6.07, 6.45) is 0. The highest BCUT2D eigenvalue weighted by Gasteiger charge is 2.14. The lowest BCUT2D eigenvalue weighted by atomic mass is 10.2. The van der Waals surface area contributed by atoms with Crippen molar-refractivity contribution in [2.75, 3.05) is 5.75 Å². The quantitative estimate of drug-likeness (QED) is 0.813. The van der Waals surface area contributed by atoms with Gasteiger partial charge < -0.3 is 10.4 Å². The third-order valence-corrected chi connectivity index (χ3v) is 3.91. The van der Waals surface area contributed by atoms with Crippen molar-refractivity contribution in [3.05, 3.63) is 28.2 Å². The molecule has 0 fully saturated rings. The summed E-state index contributed by atoms with van der Waals surface area (Å²) in [5.41, 5.74) is 1.08. The van der Waals surface area contributed by atoms with Gasteiger partial charge in [0.1, 0.15) is 6.04 Å². The Morgan fingerprint density at radius 1 is 1.50 bits per heavy atom. The number of benzene rings is 1. The minimum Gasteiger partial charge on any atom is -0.480 e. The molecular weight excluding hydrogens is 318 g/mol. The van der Waals surface area contributed by atoms with Gasteiger partial charge in [0.05, 0.1) is 5.75 Å².